The van der Waals surface area contributed by atoms with E-state index in [2.05, 4.69) is 36.4 Å². The topological polar surface area (TPSA) is 97.4 Å². The average Bonchev–Trinajstić information content (AvgIpc) is 2.76. The minimum atomic E-state index is -0.581. The van der Waals surface area contributed by atoms with Gasteiger partial charge in [-0.3, -0.25) is 25.2 Å². The first kappa shape index (κ1) is 24.7. The van der Waals surface area contributed by atoms with Gasteiger partial charge in [-0.25, -0.2) is 4.79 Å². The molecule has 2 N–H and O–H groups in total. The summed E-state index contributed by atoms with van der Waals surface area (Å²) >= 11 is 6.38. The maximum Gasteiger partial charge on any atom is 0.411 e. The molecule has 3 amide bonds. The number of fused-ring (bicyclic) bond motifs is 1. The van der Waals surface area contributed by atoms with E-state index in [1.165, 1.54) is 0 Å². The molecule has 1 aliphatic heterocycles. The zero-order valence-electron chi connectivity index (χ0n) is 20.2. The fourth-order valence-corrected chi connectivity index (χ4v) is 4.73. The Kier molecular flexibility index (Phi) is 6.81. The molecule has 0 bridgehead atoms. The van der Waals surface area contributed by atoms with Crippen LogP contribution >= 0.6 is 11.6 Å². The fourth-order valence-electron chi connectivity index (χ4n) is 4.26. The second-order valence-electron chi connectivity index (χ2n) is 9.84. The molecule has 0 spiro atoms. The van der Waals surface area contributed by atoms with E-state index < -0.39 is 6.09 Å². The summed E-state index contributed by atoms with van der Waals surface area (Å²) in [6.45, 7) is 8.15. The number of aromatic nitrogens is 1. The smallest absolute Gasteiger partial charge is 0.411 e. The van der Waals surface area contributed by atoms with Gasteiger partial charge in [-0.05, 0) is 59.7 Å². The molecule has 1 saturated heterocycles. The van der Waals surface area contributed by atoms with E-state index in [0.29, 0.717) is 23.6 Å². The number of rotatable bonds is 4. The molecule has 35 heavy (non-hydrogen) atoms. The highest BCUT2D eigenvalue weighted by atomic mass is 35.5. The number of amides is 3. The van der Waals surface area contributed by atoms with E-state index in [-0.39, 0.29) is 29.8 Å². The van der Waals surface area contributed by atoms with Crippen molar-refractivity contribution >= 4 is 46.1 Å². The third kappa shape index (κ3) is 5.62. The highest BCUT2D eigenvalue weighted by Gasteiger charge is 2.29. The predicted molar refractivity (Wildman–Crippen MR) is 136 cm³/mol. The number of benzene rings is 2. The Morgan fingerprint density at radius 2 is 1.94 bits per heavy atom. The quantitative estimate of drug-likeness (QED) is 0.450. The minimum Gasteiger partial charge on any atom is -0.444 e. The molecule has 2 heterocycles. The van der Waals surface area contributed by atoms with Gasteiger partial charge >= 0.3 is 6.09 Å². The minimum absolute atomic E-state index is 0.0746. The van der Waals surface area contributed by atoms with Crippen LogP contribution in [0.1, 0.15) is 61.9 Å². The number of aryl methyl sites for hydroxylation is 1. The molecule has 0 radical (unpaired) electrons. The lowest BCUT2D eigenvalue weighted by Gasteiger charge is -2.22. The Hall–Kier alpha value is -3.45. The molecular formula is C27H28ClN3O4. The summed E-state index contributed by atoms with van der Waals surface area (Å²) < 4.78 is 5.39. The molecule has 8 heteroatoms. The van der Waals surface area contributed by atoms with Crippen molar-refractivity contribution in [3.05, 3.63) is 69.9 Å². The van der Waals surface area contributed by atoms with Gasteiger partial charge in [0.05, 0.1) is 11.4 Å². The van der Waals surface area contributed by atoms with E-state index in [9.17, 15) is 14.4 Å². The third-order valence-electron chi connectivity index (χ3n) is 6.12. The number of halogens is 1. The maximum absolute atomic E-state index is 12.3. The number of carbonyl (C=O) groups excluding carboxylic acids is 3. The molecule has 7 nitrogen and oxygen atoms in total. The number of pyridine rings is 1. The van der Waals surface area contributed by atoms with Crippen molar-refractivity contribution in [2.45, 2.75) is 58.5 Å². The molecule has 1 unspecified atom stereocenters. The van der Waals surface area contributed by atoms with Gasteiger partial charge in [-0.2, -0.15) is 0 Å². The van der Waals surface area contributed by atoms with E-state index in [0.717, 1.165) is 33.3 Å². The van der Waals surface area contributed by atoms with Crippen LogP contribution in [0.5, 0.6) is 0 Å². The Morgan fingerprint density at radius 3 is 2.63 bits per heavy atom. The highest BCUT2D eigenvalue weighted by Crippen LogP contribution is 2.32. The third-order valence-corrected chi connectivity index (χ3v) is 6.43. The first-order chi connectivity index (χ1) is 16.5. The van der Waals surface area contributed by atoms with Crippen molar-refractivity contribution in [2.75, 3.05) is 5.32 Å². The average molecular weight is 494 g/mol. The second kappa shape index (κ2) is 9.66. The van der Waals surface area contributed by atoms with Gasteiger partial charge < -0.3 is 4.74 Å². The summed E-state index contributed by atoms with van der Waals surface area (Å²) in [5.41, 5.74) is 4.54. The number of imide groups is 1. The maximum atomic E-state index is 12.3. The summed E-state index contributed by atoms with van der Waals surface area (Å²) in [5.74, 6) is -0.908. The van der Waals surface area contributed by atoms with E-state index in [1.54, 1.807) is 12.1 Å². The van der Waals surface area contributed by atoms with Crippen LogP contribution in [0.25, 0.3) is 10.9 Å². The molecule has 0 aliphatic carbocycles. The van der Waals surface area contributed by atoms with Gasteiger partial charge in [-0.15, -0.1) is 0 Å². The number of piperidine rings is 1. The Balaban J connectivity index is 1.43. The molecule has 1 atom stereocenters. The lowest BCUT2D eigenvalue weighted by molar-refractivity contribution is -0.134. The normalized spacial score (nSPS) is 16.2. The van der Waals surface area contributed by atoms with Gasteiger partial charge in [0.2, 0.25) is 11.8 Å². The van der Waals surface area contributed by atoms with Crippen molar-refractivity contribution in [1.29, 1.82) is 0 Å². The monoisotopic (exact) mass is 493 g/mol. The zero-order valence-corrected chi connectivity index (χ0v) is 21.0. The summed E-state index contributed by atoms with van der Waals surface area (Å²) in [7, 11) is 0. The van der Waals surface area contributed by atoms with Crippen molar-refractivity contribution in [3.8, 4) is 0 Å². The van der Waals surface area contributed by atoms with Crippen molar-refractivity contribution in [2.24, 2.45) is 0 Å². The number of nitrogens with one attached hydrogen (secondary N) is 2. The van der Waals surface area contributed by atoms with Crippen LogP contribution in [0.15, 0.2) is 42.5 Å². The molecule has 0 saturated carbocycles. The predicted octanol–water partition coefficient (Wildman–Crippen LogP) is 5.76. The summed E-state index contributed by atoms with van der Waals surface area (Å²) in [6, 6.07) is 13.0. The van der Waals surface area contributed by atoms with Crippen LogP contribution in [-0.2, 0) is 26.3 Å². The summed E-state index contributed by atoms with van der Waals surface area (Å²) in [4.78, 5) is 40.7. The van der Waals surface area contributed by atoms with Gasteiger partial charge in [-0.1, -0.05) is 50.6 Å². The molecule has 182 valence electrons. The summed E-state index contributed by atoms with van der Waals surface area (Å²) in [6.07, 6.45) is 0.213. The van der Waals surface area contributed by atoms with Crippen molar-refractivity contribution in [3.63, 3.8) is 0 Å². The number of hydrogen-bond acceptors (Lipinski definition) is 5. The molecular weight excluding hydrogens is 466 g/mol. The lowest BCUT2D eigenvalue weighted by atomic mass is 9.87. The number of carbonyl (C=O) groups is 3. The van der Waals surface area contributed by atoms with Crippen LogP contribution < -0.4 is 10.6 Å². The molecule has 3 aromatic rings. The number of nitrogens with zero attached hydrogens (tertiary/aromatic N) is 1. The summed E-state index contributed by atoms with van der Waals surface area (Å²) in [5, 5.41) is 6.57. The Bertz CT molecular complexity index is 1330. The van der Waals surface area contributed by atoms with Crippen molar-refractivity contribution < 1.29 is 19.1 Å². The first-order valence-electron chi connectivity index (χ1n) is 11.5. The van der Waals surface area contributed by atoms with E-state index in [1.807, 2.05) is 37.3 Å². The number of anilines is 1. The highest BCUT2D eigenvalue weighted by molar-refractivity contribution is 6.31. The van der Waals surface area contributed by atoms with E-state index in [4.69, 9.17) is 16.3 Å². The number of ether oxygens (including phenoxy) is 1. The fraction of sp³-hybridized carbons (Fsp3) is 0.333. The standard InChI is InChI=1S/C27H28ClN3O4/c1-15-20(19-8-10-24(32)31-25(19)33)12-17-6-5-16(11-23(17)29-15)14-35-26(34)30-18-7-9-21(22(28)13-18)27(2,3)4/h5-7,9,11-13,19H,8,10,14H2,1-4H3,(H,30,34)(H,31,32,33). The molecule has 1 fully saturated rings. The second-order valence-corrected chi connectivity index (χ2v) is 10.2. The molecule has 1 aliphatic rings. The van der Waals surface area contributed by atoms with Crippen LogP contribution in [0.3, 0.4) is 0 Å². The first-order valence-corrected chi connectivity index (χ1v) is 11.9. The van der Waals surface area contributed by atoms with Crippen LogP contribution in [0.2, 0.25) is 5.02 Å². The molecule has 4 rings (SSSR count). The van der Waals surface area contributed by atoms with Crippen molar-refractivity contribution in [1.82, 2.24) is 10.3 Å². The largest absolute Gasteiger partial charge is 0.444 e. The van der Waals surface area contributed by atoms with E-state index >= 15 is 0 Å². The van der Waals surface area contributed by atoms with Crippen LogP contribution in [-0.4, -0.2) is 22.9 Å². The molecule has 1 aromatic heterocycles. The van der Waals surface area contributed by atoms with Crippen LogP contribution in [0.4, 0.5) is 10.5 Å². The zero-order chi connectivity index (χ0) is 25.3. The van der Waals surface area contributed by atoms with Gasteiger partial charge in [0.15, 0.2) is 0 Å². The Labute approximate surface area is 209 Å². The Morgan fingerprint density at radius 1 is 1.17 bits per heavy atom. The lowest BCUT2D eigenvalue weighted by Crippen LogP contribution is -2.39. The SMILES string of the molecule is Cc1nc2cc(COC(=O)Nc3ccc(C(C)(C)C)c(Cl)c3)ccc2cc1C1CCC(=O)NC1=O. The number of hydrogen-bond donors (Lipinski definition) is 2. The van der Waals surface area contributed by atoms with Gasteiger partial charge in [0, 0.05) is 28.2 Å². The molecule has 2 aromatic carbocycles. The van der Waals surface area contributed by atoms with Gasteiger partial charge in [0.1, 0.15) is 6.61 Å². The van der Waals surface area contributed by atoms with Crippen LogP contribution in [0, 0.1) is 6.92 Å². The van der Waals surface area contributed by atoms with Gasteiger partial charge in [0.25, 0.3) is 0 Å².